The quantitative estimate of drug-likeness (QED) is 0.366. The Bertz CT molecular complexity index is 701. The van der Waals surface area contributed by atoms with Crippen LogP contribution in [-0.4, -0.2) is 68.4 Å². The molecule has 1 aliphatic heterocycles. The van der Waals surface area contributed by atoms with E-state index in [0.29, 0.717) is 5.56 Å². The summed E-state index contributed by atoms with van der Waals surface area (Å²) in [6, 6.07) is 8.40. The normalized spacial score (nSPS) is 27.5. The molecule has 7 nitrogen and oxygen atoms in total. The van der Waals surface area contributed by atoms with Crippen LogP contribution >= 0.6 is 0 Å². The number of hydrogen-bond donors (Lipinski definition) is 2. The fourth-order valence-corrected chi connectivity index (χ4v) is 3.77. The van der Waals surface area contributed by atoms with E-state index in [1.807, 2.05) is 0 Å². The van der Waals surface area contributed by atoms with Gasteiger partial charge >= 0.3 is 5.97 Å². The molecule has 1 aromatic rings. The van der Waals surface area contributed by atoms with E-state index in [-0.39, 0.29) is 18.3 Å². The molecule has 0 unspecified atom stereocenters. The molecule has 1 saturated heterocycles. The minimum atomic E-state index is -2.11. The summed E-state index contributed by atoms with van der Waals surface area (Å²) in [5.41, 5.74) is 0.320. The summed E-state index contributed by atoms with van der Waals surface area (Å²) in [4.78, 5) is 12.5. The molecule has 1 fully saturated rings. The van der Waals surface area contributed by atoms with Crippen LogP contribution in [-0.2, 0) is 18.6 Å². The van der Waals surface area contributed by atoms with Crippen molar-refractivity contribution in [3.8, 4) is 0 Å². The van der Waals surface area contributed by atoms with Crippen molar-refractivity contribution in [2.24, 2.45) is 0 Å². The lowest BCUT2D eigenvalue weighted by Crippen LogP contribution is -2.61. The van der Waals surface area contributed by atoms with Gasteiger partial charge in [0.1, 0.15) is 18.3 Å². The van der Waals surface area contributed by atoms with E-state index in [4.69, 9.17) is 18.6 Å². The maximum Gasteiger partial charge on any atom is 0.338 e. The second-order valence-electron chi connectivity index (χ2n) is 8.95. The second kappa shape index (κ2) is 10.2. The molecule has 0 spiro atoms. The number of rotatable bonds is 8. The van der Waals surface area contributed by atoms with Crippen LogP contribution in [0.2, 0.25) is 18.1 Å². The van der Waals surface area contributed by atoms with Crippen LogP contribution in [0.1, 0.15) is 31.1 Å². The molecule has 5 atom stereocenters. The first-order chi connectivity index (χ1) is 14.0. The highest BCUT2D eigenvalue weighted by Gasteiger charge is 2.48. The van der Waals surface area contributed by atoms with Crippen molar-refractivity contribution in [2.75, 3.05) is 13.2 Å². The summed E-state index contributed by atoms with van der Waals surface area (Å²) in [5.74, 6) is -0.646. The van der Waals surface area contributed by atoms with Gasteiger partial charge in [0.2, 0.25) is 0 Å². The standard InChI is InChI=1S/C22H34O7Si/c1-7-13-26-21-18(24)19(29-20(25)15-11-9-8-10-12-15)17(23)16(28-21)14-27-30(5,6)22(2,3)4/h7-12,16-19,21,23-24H,1,13-14H2,2-6H3/t16-,17+,18-,19+,21+/m1/s1. The van der Waals surface area contributed by atoms with Gasteiger partial charge in [0, 0.05) is 0 Å². The molecule has 8 heteroatoms. The molecule has 0 aromatic heterocycles. The third kappa shape index (κ3) is 6.00. The lowest BCUT2D eigenvalue weighted by Gasteiger charge is -2.43. The molecule has 0 amide bonds. The van der Waals surface area contributed by atoms with E-state index in [1.165, 1.54) is 6.08 Å². The van der Waals surface area contributed by atoms with Gasteiger partial charge in [-0.3, -0.25) is 0 Å². The van der Waals surface area contributed by atoms with Gasteiger partial charge in [0.25, 0.3) is 0 Å². The lowest BCUT2D eigenvalue weighted by molar-refractivity contribution is -0.297. The van der Waals surface area contributed by atoms with Crippen molar-refractivity contribution in [3.05, 3.63) is 48.6 Å². The molecule has 0 saturated carbocycles. The average molecular weight is 439 g/mol. The first kappa shape index (κ1) is 24.7. The summed E-state index contributed by atoms with van der Waals surface area (Å²) in [6.45, 7) is 14.3. The number of aliphatic hydroxyl groups is 2. The topological polar surface area (TPSA) is 94.5 Å². The second-order valence-corrected chi connectivity index (χ2v) is 13.8. The van der Waals surface area contributed by atoms with E-state index in [2.05, 4.69) is 40.4 Å². The fraction of sp³-hybridized carbons (Fsp3) is 0.591. The molecular weight excluding hydrogens is 404 g/mol. The molecule has 0 bridgehead atoms. The first-order valence-electron chi connectivity index (χ1n) is 10.1. The van der Waals surface area contributed by atoms with Crippen LogP contribution in [0, 0.1) is 0 Å². The smallest absolute Gasteiger partial charge is 0.338 e. The summed E-state index contributed by atoms with van der Waals surface area (Å²) in [6.07, 6.45) is -4.27. The molecule has 1 aromatic carbocycles. The third-order valence-electron chi connectivity index (χ3n) is 5.69. The van der Waals surface area contributed by atoms with Gasteiger partial charge in [-0.2, -0.15) is 0 Å². The van der Waals surface area contributed by atoms with Gasteiger partial charge in [0.15, 0.2) is 20.7 Å². The van der Waals surface area contributed by atoms with E-state index in [9.17, 15) is 15.0 Å². The van der Waals surface area contributed by atoms with Crippen LogP contribution < -0.4 is 0 Å². The van der Waals surface area contributed by atoms with E-state index >= 15 is 0 Å². The number of ether oxygens (including phenoxy) is 3. The number of esters is 1. The minimum Gasteiger partial charge on any atom is -0.453 e. The molecule has 2 rings (SSSR count). The van der Waals surface area contributed by atoms with Crippen LogP contribution in [0.25, 0.3) is 0 Å². The number of hydrogen-bond acceptors (Lipinski definition) is 7. The minimum absolute atomic E-state index is 0.0238. The molecule has 30 heavy (non-hydrogen) atoms. The fourth-order valence-electron chi connectivity index (χ4n) is 2.75. The van der Waals surface area contributed by atoms with Crippen LogP contribution in [0.4, 0.5) is 0 Å². The van der Waals surface area contributed by atoms with Crippen molar-refractivity contribution in [2.45, 2.75) is 69.6 Å². The number of aliphatic hydroxyl groups excluding tert-OH is 2. The summed E-state index contributed by atoms with van der Waals surface area (Å²) >= 11 is 0. The summed E-state index contributed by atoms with van der Waals surface area (Å²) in [5, 5.41) is 21.5. The summed E-state index contributed by atoms with van der Waals surface area (Å²) < 4.78 is 22.9. The highest BCUT2D eigenvalue weighted by Crippen LogP contribution is 2.37. The van der Waals surface area contributed by atoms with Gasteiger partial charge < -0.3 is 28.8 Å². The third-order valence-corrected chi connectivity index (χ3v) is 10.2. The molecule has 168 valence electrons. The highest BCUT2D eigenvalue weighted by molar-refractivity contribution is 6.74. The monoisotopic (exact) mass is 438 g/mol. The van der Waals surface area contributed by atoms with Crippen LogP contribution in [0.5, 0.6) is 0 Å². The lowest BCUT2D eigenvalue weighted by atomic mass is 9.99. The Morgan fingerprint density at radius 3 is 2.40 bits per heavy atom. The van der Waals surface area contributed by atoms with E-state index in [0.717, 1.165) is 0 Å². The highest BCUT2D eigenvalue weighted by atomic mass is 28.4. The number of carbonyl (C=O) groups excluding carboxylic acids is 1. The largest absolute Gasteiger partial charge is 0.453 e. The van der Waals surface area contributed by atoms with Crippen molar-refractivity contribution in [1.82, 2.24) is 0 Å². The Balaban J connectivity index is 2.17. The molecule has 2 N–H and O–H groups in total. The van der Waals surface area contributed by atoms with E-state index < -0.39 is 45.0 Å². The van der Waals surface area contributed by atoms with Crippen LogP contribution in [0.3, 0.4) is 0 Å². The van der Waals surface area contributed by atoms with Gasteiger partial charge in [-0.1, -0.05) is 45.0 Å². The Labute approximate surface area is 179 Å². The van der Waals surface area contributed by atoms with Gasteiger partial charge in [-0.15, -0.1) is 6.58 Å². The number of benzene rings is 1. The average Bonchev–Trinajstić information content (AvgIpc) is 2.69. The molecular formula is C22H34O7Si. The van der Waals surface area contributed by atoms with E-state index in [1.54, 1.807) is 30.3 Å². The van der Waals surface area contributed by atoms with Gasteiger partial charge in [-0.25, -0.2) is 4.79 Å². The first-order valence-corrected chi connectivity index (χ1v) is 13.0. The Morgan fingerprint density at radius 2 is 1.83 bits per heavy atom. The predicted octanol–water partition coefficient (Wildman–Crippen LogP) is 2.88. The zero-order chi connectivity index (χ0) is 22.5. The van der Waals surface area contributed by atoms with Crippen molar-refractivity contribution < 1.29 is 33.6 Å². The summed E-state index contributed by atoms with van der Waals surface area (Å²) in [7, 11) is -2.11. The number of carbonyl (C=O) groups is 1. The van der Waals surface area contributed by atoms with Crippen molar-refractivity contribution in [1.29, 1.82) is 0 Å². The van der Waals surface area contributed by atoms with Crippen LogP contribution in [0.15, 0.2) is 43.0 Å². The Hall–Kier alpha value is -1.55. The maximum absolute atomic E-state index is 12.5. The molecule has 0 aliphatic carbocycles. The zero-order valence-corrected chi connectivity index (χ0v) is 19.4. The Kier molecular flexibility index (Phi) is 8.38. The molecule has 0 radical (unpaired) electrons. The zero-order valence-electron chi connectivity index (χ0n) is 18.4. The Morgan fingerprint density at radius 1 is 1.20 bits per heavy atom. The van der Waals surface area contributed by atoms with Gasteiger partial charge in [-0.05, 0) is 30.3 Å². The molecule has 1 heterocycles. The van der Waals surface area contributed by atoms with Crippen molar-refractivity contribution in [3.63, 3.8) is 0 Å². The molecule has 1 aliphatic rings. The SMILES string of the molecule is C=CCO[C@H]1O[C@H](CO[Si](C)(C)C(C)(C)C)[C@H](O)[C@H](OC(=O)c2ccccc2)[C@H]1O. The predicted molar refractivity (Wildman–Crippen MR) is 116 cm³/mol. The van der Waals surface area contributed by atoms with Gasteiger partial charge in [0.05, 0.1) is 18.8 Å². The maximum atomic E-state index is 12.5. The van der Waals surface area contributed by atoms with Crippen molar-refractivity contribution >= 4 is 14.3 Å².